The molecule has 1 nitrogen and oxygen atoms in total. The molecule has 0 N–H and O–H groups in total. The van der Waals surface area contributed by atoms with Crippen molar-refractivity contribution in [2.24, 2.45) is 0 Å². The van der Waals surface area contributed by atoms with Gasteiger partial charge in [-0.15, -0.1) is 0 Å². The molecule has 0 aromatic heterocycles. The van der Waals surface area contributed by atoms with E-state index in [9.17, 15) is 0 Å². The Kier molecular flexibility index (Phi) is 3.20. The summed E-state index contributed by atoms with van der Waals surface area (Å²) in [6.45, 7) is 0. The first-order valence-corrected chi connectivity index (χ1v) is 6.47. The molecule has 0 saturated heterocycles. The van der Waals surface area contributed by atoms with Gasteiger partial charge in [-0.2, -0.15) is 0 Å². The standard InChI is InChI=1S/C13H14OSi/c1-14-11-6-5-9-13(10-11)15-12-7-3-2-4-8-12/h2-10H,15H2,1H3. The average Bonchev–Trinajstić information content (AvgIpc) is 2.31. The molecule has 0 aliphatic rings. The van der Waals surface area contributed by atoms with Crippen molar-refractivity contribution in [3.05, 3.63) is 54.6 Å². The van der Waals surface area contributed by atoms with Gasteiger partial charge in [-0.05, 0) is 12.1 Å². The molecule has 0 saturated carbocycles. The van der Waals surface area contributed by atoms with Gasteiger partial charge in [0.1, 0.15) is 5.75 Å². The first-order chi connectivity index (χ1) is 7.38. The quantitative estimate of drug-likeness (QED) is 0.687. The lowest BCUT2D eigenvalue weighted by Gasteiger charge is -2.03. The van der Waals surface area contributed by atoms with Gasteiger partial charge in [0.15, 0.2) is 0 Å². The molecule has 2 heteroatoms. The van der Waals surface area contributed by atoms with Crippen LogP contribution < -0.4 is 15.1 Å². The molecule has 0 atom stereocenters. The topological polar surface area (TPSA) is 9.23 Å². The average molecular weight is 214 g/mol. The van der Waals surface area contributed by atoms with Crippen molar-refractivity contribution in [2.45, 2.75) is 0 Å². The molecule has 2 aromatic carbocycles. The molecule has 2 rings (SSSR count). The van der Waals surface area contributed by atoms with Crippen molar-refractivity contribution in [2.75, 3.05) is 7.11 Å². The number of methoxy groups -OCH3 is 1. The van der Waals surface area contributed by atoms with Gasteiger partial charge in [-0.3, -0.25) is 0 Å². The van der Waals surface area contributed by atoms with E-state index in [1.54, 1.807) is 7.11 Å². The van der Waals surface area contributed by atoms with Crippen molar-refractivity contribution >= 4 is 19.9 Å². The third-order valence-electron chi connectivity index (χ3n) is 2.39. The molecule has 0 radical (unpaired) electrons. The van der Waals surface area contributed by atoms with Crippen LogP contribution in [0.5, 0.6) is 5.75 Å². The van der Waals surface area contributed by atoms with E-state index >= 15 is 0 Å². The summed E-state index contributed by atoms with van der Waals surface area (Å²) in [6, 6.07) is 19.0. The van der Waals surface area contributed by atoms with Gasteiger partial charge in [-0.1, -0.05) is 52.8 Å². The van der Waals surface area contributed by atoms with Crippen LogP contribution in [0.25, 0.3) is 0 Å². The van der Waals surface area contributed by atoms with Crippen LogP contribution in [0.15, 0.2) is 54.6 Å². The number of hydrogen-bond donors (Lipinski definition) is 0. The van der Waals surface area contributed by atoms with Crippen LogP contribution in [0, 0.1) is 0 Å². The summed E-state index contributed by atoms with van der Waals surface area (Å²) in [7, 11) is 1.37. The predicted molar refractivity (Wildman–Crippen MR) is 67.2 cm³/mol. The van der Waals surface area contributed by atoms with Gasteiger partial charge >= 0.3 is 0 Å². The summed E-state index contributed by atoms with van der Waals surface area (Å²) < 4.78 is 5.21. The zero-order chi connectivity index (χ0) is 10.5. The van der Waals surface area contributed by atoms with Crippen LogP contribution in [0.2, 0.25) is 0 Å². The Morgan fingerprint density at radius 3 is 2.33 bits per heavy atom. The fourth-order valence-electron chi connectivity index (χ4n) is 1.61. The minimum Gasteiger partial charge on any atom is -0.497 e. The third-order valence-corrected chi connectivity index (χ3v) is 4.11. The molecule has 76 valence electrons. The van der Waals surface area contributed by atoms with E-state index in [1.165, 1.54) is 10.4 Å². The highest BCUT2D eigenvalue weighted by molar-refractivity contribution is 6.67. The Hall–Kier alpha value is -1.54. The lowest BCUT2D eigenvalue weighted by molar-refractivity contribution is 0.415. The first kappa shape index (κ1) is 9.99. The Morgan fingerprint density at radius 2 is 1.60 bits per heavy atom. The Labute approximate surface area is 92.5 Å². The molecule has 0 fully saturated rings. The number of ether oxygens (including phenoxy) is 1. The molecule has 0 heterocycles. The second kappa shape index (κ2) is 4.80. The molecule has 0 unspecified atom stereocenters. The molecular weight excluding hydrogens is 200 g/mol. The maximum Gasteiger partial charge on any atom is 0.118 e. The zero-order valence-corrected chi connectivity index (χ0v) is 10.2. The van der Waals surface area contributed by atoms with E-state index in [1.807, 2.05) is 6.07 Å². The minimum atomic E-state index is -0.345. The Balaban J connectivity index is 2.17. The van der Waals surface area contributed by atoms with E-state index in [2.05, 4.69) is 48.5 Å². The van der Waals surface area contributed by atoms with Crippen molar-refractivity contribution in [1.82, 2.24) is 0 Å². The maximum atomic E-state index is 5.21. The monoisotopic (exact) mass is 214 g/mol. The van der Waals surface area contributed by atoms with Crippen molar-refractivity contribution in [3.8, 4) is 5.75 Å². The smallest absolute Gasteiger partial charge is 0.118 e. The number of benzene rings is 2. The largest absolute Gasteiger partial charge is 0.497 e. The lowest BCUT2D eigenvalue weighted by Crippen LogP contribution is -2.26. The molecule has 2 aromatic rings. The van der Waals surface area contributed by atoms with Crippen molar-refractivity contribution in [3.63, 3.8) is 0 Å². The highest BCUT2D eigenvalue weighted by Crippen LogP contribution is 2.04. The minimum absolute atomic E-state index is 0.345. The van der Waals surface area contributed by atoms with Crippen LogP contribution in [-0.4, -0.2) is 16.6 Å². The van der Waals surface area contributed by atoms with Crippen LogP contribution in [0.1, 0.15) is 0 Å². The summed E-state index contributed by atoms with van der Waals surface area (Å²) in [6.07, 6.45) is 0. The van der Waals surface area contributed by atoms with E-state index in [-0.39, 0.29) is 9.52 Å². The highest BCUT2D eigenvalue weighted by Gasteiger charge is 1.98. The summed E-state index contributed by atoms with van der Waals surface area (Å²) in [4.78, 5) is 0. The fraction of sp³-hybridized carbons (Fsp3) is 0.0769. The van der Waals surface area contributed by atoms with Crippen LogP contribution >= 0.6 is 0 Å². The van der Waals surface area contributed by atoms with Gasteiger partial charge in [0, 0.05) is 0 Å². The fourth-order valence-corrected chi connectivity index (χ4v) is 3.15. The van der Waals surface area contributed by atoms with Crippen molar-refractivity contribution in [1.29, 1.82) is 0 Å². The van der Waals surface area contributed by atoms with Crippen LogP contribution in [0.3, 0.4) is 0 Å². The van der Waals surface area contributed by atoms with E-state index < -0.39 is 0 Å². The maximum absolute atomic E-state index is 5.21. The third kappa shape index (κ3) is 2.70. The lowest BCUT2D eigenvalue weighted by atomic mass is 10.3. The molecule has 15 heavy (non-hydrogen) atoms. The molecule has 0 amide bonds. The summed E-state index contributed by atoms with van der Waals surface area (Å²) in [5.41, 5.74) is 0. The van der Waals surface area contributed by atoms with E-state index in [0.29, 0.717) is 0 Å². The normalized spacial score (nSPS) is 10.7. The van der Waals surface area contributed by atoms with Gasteiger partial charge in [0.25, 0.3) is 0 Å². The molecule has 0 bridgehead atoms. The van der Waals surface area contributed by atoms with Crippen LogP contribution in [0.4, 0.5) is 0 Å². The van der Waals surface area contributed by atoms with E-state index in [4.69, 9.17) is 4.74 Å². The van der Waals surface area contributed by atoms with Gasteiger partial charge < -0.3 is 4.74 Å². The number of rotatable bonds is 3. The van der Waals surface area contributed by atoms with Gasteiger partial charge in [-0.25, -0.2) is 0 Å². The Morgan fingerprint density at radius 1 is 0.867 bits per heavy atom. The number of hydrogen-bond acceptors (Lipinski definition) is 1. The first-order valence-electron chi connectivity index (χ1n) is 5.05. The Bertz CT molecular complexity index is 426. The molecule has 0 aliphatic carbocycles. The second-order valence-corrected chi connectivity index (χ2v) is 5.50. The predicted octanol–water partition coefficient (Wildman–Crippen LogP) is 0.815. The van der Waals surface area contributed by atoms with Crippen LogP contribution in [-0.2, 0) is 0 Å². The van der Waals surface area contributed by atoms with Gasteiger partial charge in [0.2, 0.25) is 0 Å². The highest BCUT2D eigenvalue weighted by atomic mass is 28.2. The second-order valence-electron chi connectivity index (χ2n) is 3.51. The molecule has 0 spiro atoms. The summed E-state index contributed by atoms with van der Waals surface area (Å²) in [5, 5.41) is 2.88. The summed E-state index contributed by atoms with van der Waals surface area (Å²) >= 11 is 0. The van der Waals surface area contributed by atoms with E-state index in [0.717, 1.165) is 5.75 Å². The van der Waals surface area contributed by atoms with Gasteiger partial charge in [0.05, 0.1) is 16.6 Å². The SMILES string of the molecule is COc1cccc([SiH2]c2ccccc2)c1. The summed E-state index contributed by atoms with van der Waals surface area (Å²) in [5.74, 6) is 0.955. The molecular formula is C13H14OSi. The zero-order valence-electron chi connectivity index (χ0n) is 8.81. The molecule has 0 aliphatic heterocycles. The van der Waals surface area contributed by atoms with Crippen molar-refractivity contribution < 1.29 is 4.74 Å².